The number of hydrogen-bond donors (Lipinski definition) is 2. The number of nitrogens with one attached hydrogen (secondary N) is 1. The molecule has 2 heterocycles. The second-order valence-electron chi connectivity index (χ2n) is 4.20. The van der Waals surface area contributed by atoms with Crippen molar-refractivity contribution in [2.75, 3.05) is 12.3 Å². The minimum Gasteiger partial charge on any atom is -0.451 e. The molecule has 1 aliphatic rings. The Morgan fingerprint density at radius 1 is 1.61 bits per heavy atom. The summed E-state index contributed by atoms with van der Waals surface area (Å²) < 4.78 is 6.53. The van der Waals surface area contributed by atoms with Gasteiger partial charge < -0.3 is 15.8 Å². The largest absolute Gasteiger partial charge is 0.451 e. The molecule has 7 nitrogen and oxygen atoms in total. The highest BCUT2D eigenvalue weighted by Gasteiger charge is 2.24. The lowest BCUT2D eigenvalue weighted by molar-refractivity contribution is -0.156. The number of hydrogen-bond acceptors (Lipinski definition) is 5. The molecule has 1 unspecified atom stereocenters. The van der Waals surface area contributed by atoms with Gasteiger partial charge in [0.05, 0.1) is 0 Å². The van der Waals surface area contributed by atoms with E-state index < -0.39 is 12.1 Å². The molecule has 1 aromatic heterocycles. The Labute approximate surface area is 104 Å². The molecule has 1 fully saturated rings. The fraction of sp³-hybridized carbons (Fsp3) is 0.545. The standard InChI is InChI=1S/C11H16N4O3/c12-9-4-6-15(14-9)7-10(16)18-8-3-1-2-5-13-11(8)17/h4,6,8H,1-3,5,7H2,(H2,12,14)(H,13,17). The minimum atomic E-state index is -0.687. The quantitative estimate of drug-likeness (QED) is 0.718. The number of nitrogens with zero attached hydrogens (tertiary/aromatic N) is 2. The molecule has 3 N–H and O–H groups in total. The van der Waals surface area contributed by atoms with Crippen LogP contribution in [-0.2, 0) is 20.9 Å². The number of carbonyl (C=O) groups excluding carboxylic acids is 2. The van der Waals surface area contributed by atoms with Gasteiger partial charge in [-0.2, -0.15) is 5.10 Å². The van der Waals surface area contributed by atoms with Crippen molar-refractivity contribution in [3.8, 4) is 0 Å². The highest BCUT2D eigenvalue weighted by atomic mass is 16.5. The van der Waals surface area contributed by atoms with E-state index >= 15 is 0 Å². The van der Waals surface area contributed by atoms with E-state index in [2.05, 4.69) is 10.4 Å². The Kier molecular flexibility index (Phi) is 3.81. The highest BCUT2D eigenvalue weighted by molar-refractivity contribution is 5.83. The molecule has 0 saturated carbocycles. The van der Waals surface area contributed by atoms with Gasteiger partial charge in [0.15, 0.2) is 6.10 Å². The van der Waals surface area contributed by atoms with E-state index in [1.165, 1.54) is 4.68 Å². The molecule has 0 radical (unpaired) electrons. The summed E-state index contributed by atoms with van der Waals surface area (Å²) in [6.45, 7) is 0.601. The van der Waals surface area contributed by atoms with Crippen molar-refractivity contribution in [1.82, 2.24) is 15.1 Å². The fourth-order valence-corrected chi connectivity index (χ4v) is 1.82. The Hall–Kier alpha value is -2.05. The van der Waals surface area contributed by atoms with Crippen LogP contribution in [0.3, 0.4) is 0 Å². The molecule has 1 amide bonds. The summed E-state index contributed by atoms with van der Waals surface area (Å²) in [6, 6.07) is 1.59. The third-order valence-electron chi connectivity index (χ3n) is 2.71. The lowest BCUT2D eigenvalue weighted by Gasteiger charge is -2.14. The molecule has 2 rings (SSSR count). The number of carbonyl (C=O) groups is 2. The maximum absolute atomic E-state index is 11.6. The van der Waals surface area contributed by atoms with E-state index in [-0.39, 0.29) is 12.5 Å². The van der Waals surface area contributed by atoms with Crippen LogP contribution in [0.5, 0.6) is 0 Å². The molecule has 1 saturated heterocycles. The van der Waals surface area contributed by atoms with E-state index in [9.17, 15) is 9.59 Å². The molecule has 18 heavy (non-hydrogen) atoms. The summed E-state index contributed by atoms with van der Waals surface area (Å²) in [4.78, 5) is 23.2. The highest BCUT2D eigenvalue weighted by Crippen LogP contribution is 2.09. The van der Waals surface area contributed by atoms with Gasteiger partial charge in [-0.1, -0.05) is 0 Å². The predicted octanol–water partition coefficient (Wildman–Crippen LogP) is -0.323. The van der Waals surface area contributed by atoms with E-state index in [1.807, 2.05) is 0 Å². The zero-order valence-electron chi connectivity index (χ0n) is 9.96. The van der Waals surface area contributed by atoms with Gasteiger partial charge in [0.25, 0.3) is 5.91 Å². The second kappa shape index (κ2) is 5.52. The topological polar surface area (TPSA) is 99.2 Å². The predicted molar refractivity (Wildman–Crippen MR) is 63.4 cm³/mol. The maximum atomic E-state index is 11.6. The Balaban J connectivity index is 1.88. The SMILES string of the molecule is Nc1ccn(CC(=O)OC2CCCCNC2=O)n1. The van der Waals surface area contributed by atoms with E-state index in [4.69, 9.17) is 10.5 Å². The van der Waals surface area contributed by atoms with Gasteiger partial charge in [-0.15, -0.1) is 0 Å². The minimum absolute atomic E-state index is 0.0407. The van der Waals surface area contributed by atoms with Crippen LogP contribution in [0.2, 0.25) is 0 Å². The molecule has 7 heteroatoms. The van der Waals surface area contributed by atoms with Crippen LogP contribution in [0.1, 0.15) is 19.3 Å². The molecular formula is C11H16N4O3. The van der Waals surface area contributed by atoms with Crippen LogP contribution in [0.15, 0.2) is 12.3 Å². The number of ether oxygens (including phenoxy) is 1. The first-order valence-corrected chi connectivity index (χ1v) is 5.91. The van der Waals surface area contributed by atoms with E-state index in [0.717, 1.165) is 12.8 Å². The zero-order chi connectivity index (χ0) is 13.0. The molecule has 0 aliphatic carbocycles. The molecule has 0 aromatic carbocycles. The van der Waals surface area contributed by atoms with Crippen molar-refractivity contribution in [3.05, 3.63) is 12.3 Å². The second-order valence-corrected chi connectivity index (χ2v) is 4.20. The smallest absolute Gasteiger partial charge is 0.328 e. The molecule has 0 spiro atoms. The van der Waals surface area contributed by atoms with Gasteiger partial charge >= 0.3 is 5.97 Å². The average molecular weight is 252 g/mol. The van der Waals surface area contributed by atoms with Gasteiger partial charge in [0.2, 0.25) is 0 Å². The first-order chi connectivity index (χ1) is 8.65. The van der Waals surface area contributed by atoms with Crippen molar-refractivity contribution in [2.24, 2.45) is 0 Å². The van der Waals surface area contributed by atoms with Gasteiger partial charge in [0, 0.05) is 12.7 Å². The number of amides is 1. The Morgan fingerprint density at radius 3 is 3.17 bits per heavy atom. The monoisotopic (exact) mass is 252 g/mol. The van der Waals surface area contributed by atoms with Crippen molar-refractivity contribution >= 4 is 17.7 Å². The van der Waals surface area contributed by atoms with E-state index in [1.54, 1.807) is 12.3 Å². The zero-order valence-corrected chi connectivity index (χ0v) is 9.96. The molecule has 1 aromatic rings. The summed E-state index contributed by atoms with van der Waals surface area (Å²) in [5.41, 5.74) is 5.43. The van der Waals surface area contributed by atoms with Crippen molar-refractivity contribution in [3.63, 3.8) is 0 Å². The van der Waals surface area contributed by atoms with Gasteiger partial charge in [-0.25, -0.2) is 0 Å². The maximum Gasteiger partial charge on any atom is 0.328 e. The molecule has 1 aliphatic heterocycles. The van der Waals surface area contributed by atoms with Crippen molar-refractivity contribution in [1.29, 1.82) is 0 Å². The number of nitrogen functional groups attached to an aromatic ring is 1. The summed E-state index contributed by atoms with van der Waals surface area (Å²) >= 11 is 0. The van der Waals surface area contributed by atoms with Gasteiger partial charge in [0.1, 0.15) is 12.4 Å². The molecular weight excluding hydrogens is 236 g/mol. The number of nitrogens with two attached hydrogens (primary N) is 1. The fourth-order valence-electron chi connectivity index (χ4n) is 1.82. The molecule has 1 atom stereocenters. The first-order valence-electron chi connectivity index (χ1n) is 5.91. The summed E-state index contributed by atoms with van der Waals surface area (Å²) in [5, 5.41) is 6.58. The number of aromatic nitrogens is 2. The lowest BCUT2D eigenvalue weighted by atomic mass is 10.2. The van der Waals surface area contributed by atoms with Crippen molar-refractivity contribution < 1.29 is 14.3 Å². The number of anilines is 1. The number of esters is 1. The van der Waals surface area contributed by atoms with E-state index in [0.29, 0.717) is 18.8 Å². The van der Waals surface area contributed by atoms with Gasteiger partial charge in [-0.05, 0) is 25.3 Å². The summed E-state index contributed by atoms with van der Waals surface area (Å²) in [5.74, 6) is -0.365. The van der Waals surface area contributed by atoms with Crippen LogP contribution in [0.4, 0.5) is 5.82 Å². The normalized spacial score (nSPS) is 20.0. The summed E-state index contributed by atoms with van der Waals surface area (Å²) in [6.07, 6.45) is 3.25. The third kappa shape index (κ3) is 3.22. The average Bonchev–Trinajstić information content (AvgIpc) is 2.61. The third-order valence-corrected chi connectivity index (χ3v) is 2.71. The Bertz CT molecular complexity index is 443. The van der Waals surface area contributed by atoms with Crippen LogP contribution in [0.25, 0.3) is 0 Å². The molecule has 98 valence electrons. The summed E-state index contributed by atoms with van der Waals surface area (Å²) in [7, 11) is 0. The molecule has 0 bridgehead atoms. The van der Waals surface area contributed by atoms with Crippen molar-refractivity contribution in [2.45, 2.75) is 31.9 Å². The lowest BCUT2D eigenvalue weighted by Crippen LogP contribution is -2.36. The van der Waals surface area contributed by atoms with Crippen LogP contribution < -0.4 is 11.1 Å². The van der Waals surface area contributed by atoms with Crippen LogP contribution in [0, 0.1) is 0 Å². The Morgan fingerprint density at radius 2 is 2.44 bits per heavy atom. The first kappa shape index (κ1) is 12.4. The van der Waals surface area contributed by atoms with Crippen LogP contribution in [-0.4, -0.2) is 34.3 Å². The van der Waals surface area contributed by atoms with Gasteiger partial charge in [-0.3, -0.25) is 14.3 Å². The number of rotatable bonds is 3. The van der Waals surface area contributed by atoms with Crippen LogP contribution >= 0.6 is 0 Å².